The Kier molecular flexibility index (Phi) is 10.2. The molecule has 3 amide bonds. The molecular weight excluding hydrogens is 490 g/mol. The van der Waals surface area contributed by atoms with Crippen LogP contribution in [-0.2, 0) is 20.7 Å². The predicted molar refractivity (Wildman–Crippen MR) is 153 cm³/mol. The summed E-state index contributed by atoms with van der Waals surface area (Å²) in [6.45, 7) is 9.19. The van der Waals surface area contributed by atoms with Crippen LogP contribution in [0.4, 0.5) is 4.79 Å². The van der Waals surface area contributed by atoms with Crippen molar-refractivity contribution < 1.29 is 19.1 Å². The minimum Gasteiger partial charge on any atom is -0.444 e. The van der Waals surface area contributed by atoms with Gasteiger partial charge in [-0.3, -0.25) is 14.5 Å². The molecule has 1 aliphatic carbocycles. The van der Waals surface area contributed by atoms with E-state index in [0.717, 1.165) is 53.7 Å². The number of alkyl carbamates (subject to hydrolysis) is 1. The lowest BCUT2D eigenvalue weighted by molar-refractivity contribution is -0.139. The van der Waals surface area contributed by atoms with Gasteiger partial charge in [0, 0.05) is 18.5 Å². The van der Waals surface area contributed by atoms with Crippen LogP contribution in [0.1, 0.15) is 81.2 Å². The highest BCUT2D eigenvalue weighted by atomic mass is 16.6. The van der Waals surface area contributed by atoms with Crippen LogP contribution in [-0.4, -0.2) is 40.5 Å². The van der Waals surface area contributed by atoms with Crippen molar-refractivity contribution in [1.82, 2.24) is 15.5 Å². The zero-order valence-corrected chi connectivity index (χ0v) is 23.8. The molecule has 1 fully saturated rings. The Bertz CT molecular complexity index is 1190. The van der Waals surface area contributed by atoms with E-state index in [-0.39, 0.29) is 18.4 Å². The summed E-state index contributed by atoms with van der Waals surface area (Å²) in [5.74, 6) is -0.888. The van der Waals surface area contributed by atoms with Gasteiger partial charge in [-0.2, -0.15) is 0 Å². The summed E-state index contributed by atoms with van der Waals surface area (Å²) in [6.07, 6.45) is 10.4. The zero-order chi connectivity index (χ0) is 28.6. The van der Waals surface area contributed by atoms with Crippen LogP contribution >= 0.6 is 0 Å². The van der Waals surface area contributed by atoms with Crippen molar-refractivity contribution in [3.8, 4) is 12.5 Å². The zero-order valence-electron chi connectivity index (χ0n) is 23.8. The van der Waals surface area contributed by atoms with Crippen LogP contribution in [0.5, 0.6) is 0 Å². The molecule has 0 bridgehead atoms. The molecule has 2 aromatic rings. The van der Waals surface area contributed by atoms with E-state index in [2.05, 4.69) is 16.7 Å². The van der Waals surface area contributed by atoms with E-state index >= 15 is 0 Å². The maximum Gasteiger partial charge on any atom is 0.408 e. The molecule has 0 radical (unpaired) electrons. The fourth-order valence-corrected chi connectivity index (χ4v) is 4.81. The lowest BCUT2D eigenvalue weighted by Crippen LogP contribution is -2.53. The molecule has 2 atom stereocenters. The maximum absolute atomic E-state index is 14.1. The van der Waals surface area contributed by atoms with E-state index in [1.54, 1.807) is 20.8 Å². The summed E-state index contributed by atoms with van der Waals surface area (Å²) in [4.78, 5) is 41.7. The number of amides is 3. The van der Waals surface area contributed by atoms with Gasteiger partial charge in [0.15, 0.2) is 0 Å². The number of carbonyl (C=O) groups is 3. The Morgan fingerprint density at radius 1 is 1.03 bits per heavy atom. The van der Waals surface area contributed by atoms with E-state index in [1.165, 1.54) is 0 Å². The van der Waals surface area contributed by atoms with Gasteiger partial charge in [0.05, 0.1) is 0 Å². The summed E-state index contributed by atoms with van der Waals surface area (Å²) in [6, 6.07) is 15.4. The SMILES string of the molecule is C#CN(C(=O)C(Cc1ccccc1)NC(=O)OC(C)(C)C)C(C(=O)NC1CCCCC1)c1ccc(C)c(C)c1. The van der Waals surface area contributed by atoms with Gasteiger partial charge in [0.25, 0.3) is 5.91 Å². The Balaban J connectivity index is 1.97. The van der Waals surface area contributed by atoms with Crippen LogP contribution in [0.3, 0.4) is 0 Å². The number of ether oxygens (including phenoxy) is 1. The van der Waals surface area contributed by atoms with Gasteiger partial charge >= 0.3 is 6.09 Å². The third kappa shape index (κ3) is 8.61. The molecule has 1 saturated carbocycles. The molecule has 0 aliphatic heterocycles. The van der Waals surface area contributed by atoms with Crippen molar-refractivity contribution in [3.05, 3.63) is 70.8 Å². The van der Waals surface area contributed by atoms with Crippen LogP contribution in [0.25, 0.3) is 0 Å². The van der Waals surface area contributed by atoms with Crippen molar-refractivity contribution >= 4 is 17.9 Å². The summed E-state index contributed by atoms with van der Waals surface area (Å²) in [5.41, 5.74) is 2.75. The van der Waals surface area contributed by atoms with E-state index in [9.17, 15) is 14.4 Å². The molecule has 1 aliphatic rings. The number of carbonyl (C=O) groups excluding carboxylic acids is 3. The van der Waals surface area contributed by atoms with Crippen LogP contribution in [0.2, 0.25) is 0 Å². The van der Waals surface area contributed by atoms with Gasteiger partial charge in [-0.15, -0.1) is 0 Å². The molecule has 39 heavy (non-hydrogen) atoms. The smallest absolute Gasteiger partial charge is 0.408 e. The van der Waals surface area contributed by atoms with E-state index < -0.39 is 29.7 Å². The van der Waals surface area contributed by atoms with Gasteiger partial charge in [-0.05, 0) is 69.7 Å². The van der Waals surface area contributed by atoms with Crippen LogP contribution in [0, 0.1) is 26.3 Å². The highest BCUT2D eigenvalue weighted by Gasteiger charge is 2.37. The van der Waals surface area contributed by atoms with E-state index in [4.69, 9.17) is 11.2 Å². The monoisotopic (exact) mass is 531 g/mol. The molecule has 2 N–H and O–H groups in total. The van der Waals surface area contributed by atoms with Crippen molar-refractivity contribution in [3.63, 3.8) is 0 Å². The number of hydrogen-bond acceptors (Lipinski definition) is 4. The van der Waals surface area contributed by atoms with Crippen molar-refractivity contribution in [2.45, 2.75) is 96.9 Å². The first-order valence-corrected chi connectivity index (χ1v) is 13.7. The normalized spacial score (nSPS) is 15.4. The Morgan fingerprint density at radius 2 is 1.69 bits per heavy atom. The van der Waals surface area contributed by atoms with Crippen molar-refractivity contribution in [2.24, 2.45) is 0 Å². The topological polar surface area (TPSA) is 87.7 Å². The van der Waals surface area contributed by atoms with Crippen molar-refractivity contribution in [1.29, 1.82) is 0 Å². The predicted octanol–water partition coefficient (Wildman–Crippen LogP) is 5.35. The molecule has 0 aromatic heterocycles. The molecule has 2 aromatic carbocycles. The summed E-state index contributed by atoms with van der Waals surface area (Å²) in [5, 5.41) is 5.85. The highest BCUT2D eigenvalue weighted by molar-refractivity contribution is 5.93. The molecule has 208 valence electrons. The maximum atomic E-state index is 14.1. The highest BCUT2D eigenvalue weighted by Crippen LogP contribution is 2.26. The Hall–Kier alpha value is -3.79. The van der Waals surface area contributed by atoms with Crippen LogP contribution in [0.15, 0.2) is 48.5 Å². The molecule has 7 nitrogen and oxygen atoms in total. The third-order valence-corrected chi connectivity index (χ3v) is 6.95. The van der Waals surface area contributed by atoms with Gasteiger partial charge in [-0.1, -0.05) is 74.2 Å². The molecule has 2 unspecified atom stereocenters. The minimum absolute atomic E-state index is 0.0371. The number of hydrogen-bond donors (Lipinski definition) is 2. The first-order chi connectivity index (χ1) is 18.5. The summed E-state index contributed by atoms with van der Waals surface area (Å²) >= 11 is 0. The van der Waals surface area contributed by atoms with Gasteiger partial charge in [0.1, 0.15) is 17.7 Å². The van der Waals surface area contributed by atoms with Gasteiger partial charge in [0.2, 0.25) is 5.91 Å². The Labute approximate surface area is 232 Å². The first-order valence-electron chi connectivity index (χ1n) is 13.7. The summed E-state index contributed by atoms with van der Waals surface area (Å²) in [7, 11) is 0. The minimum atomic E-state index is -1.05. The van der Waals surface area contributed by atoms with Crippen molar-refractivity contribution in [2.75, 3.05) is 0 Å². The number of rotatable bonds is 8. The third-order valence-electron chi connectivity index (χ3n) is 6.95. The quantitative estimate of drug-likeness (QED) is 0.355. The number of nitrogens with one attached hydrogen (secondary N) is 2. The molecule has 0 saturated heterocycles. The Morgan fingerprint density at radius 3 is 2.28 bits per heavy atom. The second kappa shape index (κ2) is 13.3. The number of nitrogens with zero attached hydrogens (tertiary/aromatic N) is 1. The van der Waals surface area contributed by atoms with Gasteiger partial charge < -0.3 is 15.4 Å². The van der Waals surface area contributed by atoms with E-state index in [0.29, 0.717) is 5.56 Å². The molecule has 0 spiro atoms. The fraction of sp³-hybridized carbons (Fsp3) is 0.469. The first kappa shape index (κ1) is 29.8. The van der Waals surface area contributed by atoms with Crippen LogP contribution < -0.4 is 10.6 Å². The number of benzene rings is 2. The second-order valence-electron chi connectivity index (χ2n) is 11.3. The lowest BCUT2D eigenvalue weighted by atomic mass is 9.94. The average molecular weight is 532 g/mol. The lowest BCUT2D eigenvalue weighted by Gasteiger charge is -2.32. The molecule has 0 heterocycles. The van der Waals surface area contributed by atoms with Gasteiger partial charge in [-0.25, -0.2) is 4.79 Å². The largest absolute Gasteiger partial charge is 0.444 e. The second-order valence-corrected chi connectivity index (χ2v) is 11.3. The standard InChI is InChI=1S/C32H41N3O4/c1-7-35(30(37)27(21-24-14-10-8-11-15-24)34-31(38)39-32(4,5)6)28(25-19-18-22(2)23(3)20-25)29(36)33-26-16-12-9-13-17-26/h1,8,10-11,14-15,18-20,26-28H,9,12-13,16-17,21H2,2-6H3,(H,33,36)(H,34,38). The summed E-state index contributed by atoms with van der Waals surface area (Å²) < 4.78 is 5.44. The average Bonchev–Trinajstić information content (AvgIpc) is 2.88. The van der Waals surface area contributed by atoms with E-state index in [1.807, 2.05) is 62.4 Å². The molecule has 3 rings (SSSR count). The number of aryl methyl sites for hydroxylation is 2. The number of terminal acetylenes is 1. The molecule has 7 heteroatoms. The molecular formula is C32H41N3O4. The fourth-order valence-electron chi connectivity index (χ4n) is 4.81.